The van der Waals surface area contributed by atoms with Crippen LogP contribution in [0.5, 0.6) is 0 Å². The number of aromatic nitrogens is 2. The summed E-state index contributed by atoms with van der Waals surface area (Å²) in [6.07, 6.45) is 0.807. The molecule has 0 N–H and O–H groups in total. The predicted octanol–water partition coefficient (Wildman–Crippen LogP) is 4.62. The SMILES string of the molecule is CCn1nc(C)cc1CC(CBr)(CBr)c1cccc(F)c1. The number of halogens is 3. The Balaban J connectivity index is 2.42. The van der Waals surface area contributed by atoms with E-state index >= 15 is 0 Å². The molecule has 0 saturated heterocycles. The van der Waals surface area contributed by atoms with E-state index in [1.165, 1.54) is 11.8 Å². The Morgan fingerprint density at radius 2 is 1.95 bits per heavy atom. The Morgan fingerprint density at radius 1 is 1.24 bits per heavy atom. The maximum absolute atomic E-state index is 13.6. The first-order chi connectivity index (χ1) is 10.0. The van der Waals surface area contributed by atoms with Crippen LogP contribution in [0.1, 0.15) is 23.9 Å². The largest absolute Gasteiger partial charge is 0.270 e. The molecule has 2 aromatic rings. The van der Waals surface area contributed by atoms with E-state index in [4.69, 9.17) is 0 Å². The molecule has 0 unspecified atom stereocenters. The highest BCUT2D eigenvalue weighted by molar-refractivity contribution is 9.09. The summed E-state index contributed by atoms with van der Waals surface area (Å²) in [7, 11) is 0. The van der Waals surface area contributed by atoms with Crippen LogP contribution in [0.2, 0.25) is 0 Å². The molecular formula is C16H19Br2FN2. The van der Waals surface area contributed by atoms with Crippen molar-refractivity contribution >= 4 is 31.9 Å². The molecule has 0 aliphatic rings. The van der Waals surface area contributed by atoms with Gasteiger partial charge < -0.3 is 0 Å². The molecule has 0 bridgehead atoms. The average molecular weight is 418 g/mol. The van der Waals surface area contributed by atoms with Gasteiger partial charge in [-0.3, -0.25) is 4.68 Å². The van der Waals surface area contributed by atoms with Crippen molar-refractivity contribution in [3.8, 4) is 0 Å². The van der Waals surface area contributed by atoms with E-state index in [-0.39, 0.29) is 11.2 Å². The number of aryl methyl sites for hydroxylation is 2. The highest BCUT2D eigenvalue weighted by atomic mass is 79.9. The van der Waals surface area contributed by atoms with Crippen LogP contribution in [0.25, 0.3) is 0 Å². The maximum atomic E-state index is 13.6. The fourth-order valence-corrected chi connectivity index (χ4v) is 4.54. The zero-order chi connectivity index (χ0) is 15.5. The monoisotopic (exact) mass is 416 g/mol. The third-order valence-electron chi connectivity index (χ3n) is 3.75. The molecule has 0 fully saturated rings. The van der Waals surface area contributed by atoms with Crippen LogP contribution in [0.4, 0.5) is 4.39 Å². The van der Waals surface area contributed by atoms with Gasteiger partial charge in [-0.15, -0.1) is 0 Å². The van der Waals surface area contributed by atoms with Crippen molar-refractivity contribution in [3.63, 3.8) is 0 Å². The van der Waals surface area contributed by atoms with Crippen molar-refractivity contribution in [3.05, 3.63) is 53.1 Å². The second-order valence-corrected chi connectivity index (χ2v) is 6.45. The summed E-state index contributed by atoms with van der Waals surface area (Å²) in [4.78, 5) is 0. The van der Waals surface area contributed by atoms with Gasteiger partial charge >= 0.3 is 0 Å². The van der Waals surface area contributed by atoms with Gasteiger partial charge in [-0.05, 0) is 37.6 Å². The quantitative estimate of drug-likeness (QED) is 0.627. The minimum atomic E-state index is -0.195. The number of hydrogen-bond acceptors (Lipinski definition) is 1. The maximum Gasteiger partial charge on any atom is 0.123 e. The van der Waals surface area contributed by atoms with Crippen molar-refractivity contribution in [2.24, 2.45) is 0 Å². The van der Waals surface area contributed by atoms with Crippen molar-refractivity contribution < 1.29 is 4.39 Å². The van der Waals surface area contributed by atoms with Gasteiger partial charge in [0.25, 0.3) is 0 Å². The van der Waals surface area contributed by atoms with E-state index in [0.717, 1.165) is 34.9 Å². The lowest BCUT2D eigenvalue weighted by molar-refractivity contribution is 0.504. The van der Waals surface area contributed by atoms with Gasteiger partial charge in [0.05, 0.1) is 5.69 Å². The lowest BCUT2D eigenvalue weighted by Gasteiger charge is -2.31. The van der Waals surface area contributed by atoms with E-state index in [1.807, 2.05) is 17.7 Å². The van der Waals surface area contributed by atoms with Crippen molar-refractivity contribution in [2.45, 2.75) is 32.2 Å². The van der Waals surface area contributed by atoms with E-state index in [1.54, 1.807) is 12.1 Å². The van der Waals surface area contributed by atoms with E-state index in [2.05, 4.69) is 49.9 Å². The molecule has 0 radical (unpaired) electrons. The molecular weight excluding hydrogens is 399 g/mol. The molecule has 114 valence electrons. The van der Waals surface area contributed by atoms with Crippen LogP contribution in [-0.2, 0) is 18.4 Å². The van der Waals surface area contributed by atoms with Gasteiger partial charge in [0.2, 0.25) is 0 Å². The van der Waals surface area contributed by atoms with Crippen molar-refractivity contribution in [2.75, 3.05) is 10.7 Å². The third-order valence-corrected chi connectivity index (χ3v) is 5.90. The molecule has 5 heteroatoms. The minimum absolute atomic E-state index is 0.193. The van der Waals surface area contributed by atoms with Gasteiger partial charge in [-0.25, -0.2) is 4.39 Å². The lowest BCUT2D eigenvalue weighted by atomic mass is 9.80. The second-order valence-electron chi connectivity index (χ2n) is 5.33. The van der Waals surface area contributed by atoms with Crippen LogP contribution < -0.4 is 0 Å². The van der Waals surface area contributed by atoms with Crippen LogP contribution in [0.3, 0.4) is 0 Å². The van der Waals surface area contributed by atoms with Crippen LogP contribution in [0.15, 0.2) is 30.3 Å². The fourth-order valence-electron chi connectivity index (χ4n) is 2.57. The van der Waals surface area contributed by atoms with Gasteiger partial charge in [0, 0.05) is 34.7 Å². The summed E-state index contributed by atoms with van der Waals surface area (Å²) in [6, 6.07) is 8.99. The number of rotatable bonds is 6. The molecule has 2 nitrogen and oxygen atoms in total. The van der Waals surface area contributed by atoms with Gasteiger partial charge in [-0.1, -0.05) is 44.0 Å². The number of alkyl halides is 2. The molecule has 0 spiro atoms. The first-order valence-electron chi connectivity index (χ1n) is 6.96. The molecule has 0 amide bonds. The molecule has 0 atom stereocenters. The Bertz CT molecular complexity index is 606. The topological polar surface area (TPSA) is 17.8 Å². The number of benzene rings is 1. The Labute approximate surface area is 142 Å². The molecule has 0 aliphatic carbocycles. The standard InChI is InChI=1S/C16H19Br2FN2/c1-3-21-15(7-12(2)20-21)9-16(10-17,11-18)13-5-4-6-14(19)8-13/h4-8H,3,9-11H2,1-2H3. The van der Waals surface area contributed by atoms with E-state index < -0.39 is 0 Å². The van der Waals surface area contributed by atoms with Crippen LogP contribution >= 0.6 is 31.9 Å². The summed E-state index contributed by atoms with van der Waals surface area (Å²) < 4.78 is 15.6. The van der Waals surface area contributed by atoms with Crippen LogP contribution in [0, 0.1) is 12.7 Å². The van der Waals surface area contributed by atoms with Gasteiger partial charge in [-0.2, -0.15) is 5.10 Å². The molecule has 21 heavy (non-hydrogen) atoms. The van der Waals surface area contributed by atoms with Crippen LogP contribution in [-0.4, -0.2) is 20.4 Å². The third kappa shape index (κ3) is 3.57. The lowest BCUT2D eigenvalue weighted by Crippen LogP contribution is -2.34. The molecule has 0 aliphatic heterocycles. The smallest absolute Gasteiger partial charge is 0.123 e. The summed E-state index contributed by atoms with van der Waals surface area (Å²) >= 11 is 7.25. The molecule has 2 rings (SSSR count). The van der Waals surface area contributed by atoms with Gasteiger partial charge in [0.15, 0.2) is 0 Å². The average Bonchev–Trinajstić information content (AvgIpc) is 2.84. The Hall–Kier alpha value is -0.680. The van der Waals surface area contributed by atoms with Gasteiger partial charge in [0.1, 0.15) is 5.82 Å². The first-order valence-corrected chi connectivity index (χ1v) is 9.20. The minimum Gasteiger partial charge on any atom is -0.270 e. The number of hydrogen-bond donors (Lipinski definition) is 0. The molecule has 0 saturated carbocycles. The normalized spacial score (nSPS) is 11.9. The fraction of sp³-hybridized carbons (Fsp3) is 0.438. The zero-order valence-electron chi connectivity index (χ0n) is 12.2. The highest BCUT2D eigenvalue weighted by Crippen LogP contribution is 2.33. The Morgan fingerprint density at radius 3 is 2.52 bits per heavy atom. The number of nitrogens with zero attached hydrogens (tertiary/aromatic N) is 2. The summed E-state index contributed by atoms with van der Waals surface area (Å²) in [6.45, 7) is 4.93. The first kappa shape index (κ1) is 16.7. The second kappa shape index (κ2) is 7.05. The summed E-state index contributed by atoms with van der Waals surface area (Å²) in [5.74, 6) is -0.195. The highest BCUT2D eigenvalue weighted by Gasteiger charge is 2.32. The predicted molar refractivity (Wildman–Crippen MR) is 92.0 cm³/mol. The van der Waals surface area contributed by atoms with Crippen molar-refractivity contribution in [1.82, 2.24) is 9.78 Å². The van der Waals surface area contributed by atoms with E-state index in [9.17, 15) is 4.39 Å². The summed E-state index contributed by atoms with van der Waals surface area (Å²) in [5.41, 5.74) is 3.00. The van der Waals surface area contributed by atoms with E-state index in [0.29, 0.717) is 0 Å². The molecule has 1 aromatic carbocycles. The summed E-state index contributed by atoms with van der Waals surface area (Å²) in [5, 5.41) is 6.01. The zero-order valence-corrected chi connectivity index (χ0v) is 15.4. The molecule has 1 heterocycles. The Kier molecular flexibility index (Phi) is 5.60. The molecule has 1 aromatic heterocycles. The van der Waals surface area contributed by atoms with Crippen molar-refractivity contribution in [1.29, 1.82) is 0 Å².